The van der Waals surface area contributed by atoms with Gasteiger partial charge in [-0.1, -0.05) is 11.3 Å². The van der Waals surface area contributed by atoms with Gasteiger partial charge in [-0.15, -0.1) is 10.2 Å². The van der Waals surface area contributed by atoms with Crippen LogP contribution in [0.25, 0.3) is 0 Å². The van der Waals surface area contributed by atoms with Crippen molar-refractivity contribution in [1.29, 1.82) is 0 Å². The van der Waals surface area contributed by atoms with Crippen molar-refractivity contribution in [3.8, 4) is 0 Å². The Morgan fingerprint density at radius 3 is 2.83 bits per heavy atom. The summed E-state index contributed by atoms with van der Waals surface area (Å²) in [6.07, 6.45) is 0. The SMILES string of the molecule is CC(Nc1nnc(Br)s1)C(N)=O. The van der Waals surface area contributed by atoms with Gasteiger partial charge in [0.2, 0.25) is 11.0 Å². The number of carbonyl (C=O) groups excluding carboxylic acids is 1. The van der Waals surface area contributed by atoms with Crippen molar-refractivity contribution >= 4 is 38.3 Å². The molecule has 1 aromatic rings. The lowest BCUT2D eigenvalue weighted by Gasteiger charge is -2.06. The van der Waals surface area contributed by atoms with Gasteiger partial charge in [-0.2, -0.15) is 0 Å². The van der Waals surface area contributed by atoms with Crippen molar-refractivity contribution < 1.29 is 4.79 Å². The van der Waals surface area contributed by atoms with Gasteiger partial charge in [-0.25, -0.2) is 0 Å². The van der Waals surface area contributed by atoms with E-state index in [2.05, 4.69) is 31.4 Å². The molecule has 0 saturated heterocycles. The Labute approximate surface area is 81.5 Å². The molecule has 1 atom stereocenters. The lowest BCUT2D eigenvalue weighted by molar-refractivity contribution is -0.118. The maximum Gasteiger partial charge on any atom is 0.239 e. The summed E-state index contributed by atoms with van der Waals surface area (Å²) in [5.41, 5.74) is 5.03. The topological polar surface area (TPSA) is 80.9 Å². The van der Waals surface area contributed by atoms with Gasteiger partial charge >= 0.3 is 0 Å². The molecule has 12 heavy (non-hydrogen) atoms. The number of primary amides is 1. The molecule has 5 nitrogen and oxygen atoms in total. The Hall–Kier alpha value is -0.690. The second-order valence-electron chi connectivity index (χ2n) is 2.13. The minimum Gasteiger partial charge on any atom is -0.368 e. The number of halogens is 1. The zero-order chi connectivity index (χ0) is 9.14. The lowest BCUT2D eigenvalue weighted by Crippen LogP contribution is -2.32. The summed E-state index contributed by atoms with van der Waals surface area (Å²) < 4.78 is 0.668. The Morgan fingerprint density at radius 2 is 2.42 bits per heavy atom. The number of rotatable bonds is 3. The van der Waals surface area contributed by atoms with Crippen LogP contribution in [0.3, 0.4) is 0 Å². The number of nitrogens with one attached hydrogen (secondary N) is 1. The molecule has 0 aromatic carbocycles. The largest absolute Gasteiger partial charge is 0.368 e. The van der Waals surface area contributed by atoms with E-state index in [9.17, 15) is 4.79 Å². The van der Waals surface area contributed by atoms with E-state index in [-0.39, 0.29) is 0 Å². The normalized spacial score (nSPS) is 12.5. The molecule has 0 fully saturated rings. The predicted molar refractivity (Wildman–Crippen MR) is 49.9 cm³/mol. The number of carbonyl (C=O) groups is 1. The molecule has 0 aliphatic carbocycles. The molecule has 0 radical (unpaired) electrons. The van der Waals surface area contributed by atoms with Crippen molar-refractivity contribution in [3.63, 3.8) is 0 Å². The Balaban J connectivity index is 2.58. The molecule has 1 unspecified atom stereocenters. The van der Waals surface area contributed by atoms with Crippen LogP contribution < -0.4 is 11.1 Å². The average Bonchev–Trinajstić information content (AvgIpc) is 2.35. The second-order valence-corrected chi connectivity index (χ2v) is 4.38. The number of anilines is 1. The fourth-order valence-electron chi connectivity index (χ4n) is 0.520. The maximum atomic E-state index is 10.6. The summed E-state index contributed by atoms with van der Waals surface area (Å²) in [5, 5.41) is 10.8. The minimum absolute atomic E-state index is 0.415. The highest BCUT2D eigenvalue weighted by Gasteiger charge is 2.10. The average molecular weight is 251 g/mol. The van der Waals surface area contributed by atoms with Gasteiger partial charge in [-0.05, 0) is 22.9 Å². The molecule has 1 heterocycles. The number of amides is 1. The summed E-state index contributed by atoms with van der Waals surface area (Å²) in [6, 6.07) is -0.426. The van der Waals surface area contributed by atoms with Gasteiger partial charge in [0.05, 0.1) is 0 Å². The summed E-state index contributed by atoms with van der Waals surface area (Å²) >= 11 is 4.46. The first-order chi connectivity index (χ1) is 5.59. The molecule has 0 aliphatic rings. The second kappa shape index (κ2) is 3.81. The van der Waals surface area contributed by atoms with Crippen LogP contribution in [-0.4, -0.2) is 22.1 Å². The van der Waals surface area contributed by atoms with Crippen LogP contribution in [0.2, 0.25) is 0 Å². The molecule has 0 saturated carbocycles. The highest BCUT2D eigenvalue weighted by atomic mass is 79.9. The van der Waals surface area contributed by atoms with E-state index in [0.29, 0.717) is 9.05 Å². The van der Waals surface area contributed by atoms with Crippen LogP contribution in [0.1, 0.15) is 6.92 Å². The van der Waals surface area contributed by atoms with Crippen LogP contribution in [0.15, 0.2) is 3.92 Å². The van der Waals surface area contributed by atoms with Crippen LogP contribution in [-0.2, 0) is 4.79 Å². The number of nitrogens with zero attached hydrogens (tertiary/aromatic N) is 2. The third kappa shape index (κ3) is 2.42. The fourth-order valence-corrected chi connectivity index (χ4v) is 1.62. The van der Waals surface area contributed by atoms with Crippen molar-refractivity contribution in [1.82, 2.24) is 10.2 Å². The molecule has 1 amide bonds. The van der Waals surface area contributed by atoms with Gasteiger partial charge < -0.3 is 11.1 Å². The molecule has 0 spiro atoms. The van der Waals surface area contributed by atoms with Crippen LogP contribution in [0.4, 0.5) is 5.13 Å². The van der Waals surface area contributed by atoms with E-state index in [0.717, 1.165) is 0 Å². The molecule has 1 aromatic heterocycles. The predicted octanol–water partition coefficient (Wildman–Crippen LogP) is 0.586. The number of nitrogens with two attached hydrogens (primary N) is 1. The molecule has 3 N–H and O–H groups in total. The molecular formula is C5H7BrN4OS. The quantitative estimate of drug-likeness (QED) is 0.823. The summed E-state index contributed by atoms with van der Waals surface area (Å²) in [4.78, 5) is 10.6. The highest BCUT2D eigenvalue weighted by molar-refractivity contribution is 9.11. The number of hydrogen-bond donors (Lipinski definition) is 2. The summed E-state index contributed by atoms with van der Waals surface area (Å²) in [6.45, 7) is 1.66. The Morgan fingerprint density at radius 1 is 1.75 bits per heavy atom. The van der Waals surface area contributed by atoms with Gasteiger partial charge in [0.25, 0.3) is 0 Å². The first-order valence-electron chi connectivity index (χ1n) is 3.14. The first kappa shape index (κ1) is 9.40. The summed E-state index contributed by atoms with van der Waals surface area (Å²) in [5.74, 6) is -0.415. The van der Waals surface area contributed by atoms with Crippen molar-refractivity contribution in [3.05, 3.63) is 3.92 Å². The van der Waals surface area contributed by atoms with Gasteiger partial charge in [-0.3, -0.25) is 4.79 Å². The molecule has 7 heteroatoms. The molecular weight excluding hydrogens is 244 g/mol. The van der Waals surface area contributed by atoms with Gasteiger partial charge in [0, 0.05) is 0 Å². The van der Waals surface area contributed by atoms with E-state index in [1.807, 2.05) is 0 Å². The standard InChI is InChI=1S/C5H7BrN4OS/c1-2(3(7)11)8-5-10-9-4(6)12-5/h2H,1H3,(H2,7,11)(H,8,10). The van der Waals surface area contributed by atoms with Gasteiger partial charge in [0.1, 0.15) is 6.04 Å². The monoisotopic (exact) mass is 250 g/mol. The maximum absolute atomic E-state index is 10.6. The minimum atomic E-state index is -0.426. The number of hydrogen-bond acceptors (Lipinski definition) is 5. The molecule has 66 valence electrons. The molecule has 0 aliphatic heterocycles. The van der Waals surface area contributed by atoms with E-state index >= 15 is 0 Å². The van der Waals surface area contributed by atoms with Crippen LogP contribution in [0.5, 0.6) is 0 Å². The van der Waals surface area contributed by atoms with Crippen molar-refractivity contribution in [2.75, 3.05) is 5.32 Å². The highest BCUT2D eigenvalue weighted by Crippen LogP contribution is 2.20. The summed E-state index contributed by atoms with van der Waals surface area (Å²) in [7, 11) is 0. The third-order valence-corrected chi connectivity index (χ3v) is 2.45. The number of aromatic nitrogens is 2. The smallest absolute Gasteiger partial charge is 0.239 e. The van der Waals surface area contributed by atoms with Crippen LogP contribution >= 0.6 is 27.3 Å². The lowest BCUT2D eigenvalue weighted by atomic mass is 10.3. The Kier molecular flexibility index (Phi) is 2.99. The van der Waals surface area contributed by atoms with E-state index in [1.165, 1.54) is 11.3 Å². The fraction of sp³-hybridized carbons (Fsp3) is 0.400. The van der Waals surface area contributed by atoms with E-state index in [4.69, 9.17) is 5.73 Å². The van der Waals surface area contributed by atoms with Gasteiger partial charge in [0.15, 0.2) is 3.92 Å². The van der Waals surface area contributed by atoms with Crippen LogP contribution in [0, 0.1) is 0 Å². The van der Waals surface area contributed by atoms with E-state index in [1.54, 1.807) is 6.92 Å². The molecule has 0 bridgehead atoms. The zero-order valence-corrected chi connectivity index (χ0v) is 8.65. The Bertz CT molecular complexity index is 289. The van der Waals surface area contributed by atoms with Crippen molar-refractivity contribution in [2.24, 2.45) is 5.73 Å². The zero-order valence-electron chi connectivity index (χ0n) is 6.24. The van der Waals surface area contributed by atoms with E-state index < -0.39 is 11.9 Å². The first-order valence-corrected chi connectivity index (χ1v) is 4.75. The molecule has 1 rings (SSSR count). The third-order valence-electron chi connectivity index (χ3n) is 1.17. The van der Waals surface area contributed by atoms with Crippen molar-refractivity contribution in [2.45, 2.75) is 13.0 Å².